The molecule has 0 saturated heterocycles. The zero-order valence-electron chi connectivity index (χ0n) is 27.7. The Morgan fingerprint density at radius 1 is 0.660 bits per heavy atom. The lowest BCUT2D eigenvalue weighted by atomic mass is 10.0. The highest BCUT2D eigenvalue weighted by atomic mass is 32.2. The van der Waals surface area contributed by atoms with E-state index < -0.39 is 64.9 Å². The van der Waals surface area contributed by atoms with Crippen molar-refractivity contribution in [1.82, 2.24) is 16.0 Å². The number of hydrogen-bond acceptors (Lipinski definition) is 20. The van der Waals surface area contributed by atoms with Gasteiger partial charge in [-0.3, -0.25) is 19.2 Å². The van der Waals surface area contributed by atoms with Gasteiger partial charge in [-0.25, -0.2) is 14.4 Å². The molecule has 0 aliphatic heterocycles. The number of nitrogens with one attached hydrogen (secondary N) is 3. The van der Waals surface area contributed by atoms with Crippen LogP contribution in [-0.2, 0) is 28.8 Å². The van der Waals surface area contributed by atoms with Crippen LogP contribution in [0.3, 0.4) is 0 Å². The first-order valence-electron chi connectivity index (χ1n) is 14.8. The zero-order valence-corrected chi connectivity index (χ0v) is 30.1. The van der Waals surface area contributed by atoms with Crippen LogP contribution < -0.4 is 35.6 Å². The van der Waals surface area contributed by atoms with Crippen LogP contribution in [0.2, 0.25) is 0 Å². The van der Waals surface area contributed by atoms with Crippen molar-refractivity contribution >= 4 is 82.4 Å². The van der Waals surface area contributed by atoms with Gasteiger partial charge >= 0.3 is 17.9 Å². The Kier molecular flexibility index (Phi) is 16.1. The topological polar surface area (TPSA) is 285 Å². The molecule has 53 heavy (non-hydrogen) atoms. The van der Waals surface area contributed by atoms with Crippen LogP contribution in [0, 0.1) is 14.7 Å². The number of benzene rings is 2. The summed E-state index contributed by atoms with van der Waals surface area (Å²) in [5.74, 6) is -6.54. The van der Waals surface area contributed by atoms with Crippen molar-refractivity contribution in [3.05, 3.63) is 67.6 Å². The van der Waals surface area contributed by atoms with Crippen LogP contribution in [0.15, 0.2) is 65.6 Å². The third-order valence-corrected chi connectivity index (χ3v) is 8.26. The van der Waals surface area contributed by atoms with Gasteiger partial charge in [-0.05, 0) is 17.7 Å². The molecule has 3 atom stereocenters. The number of hydrogen-bond donors (Lipinski definition) is 3. The maximum absolute atomic E-state index is 13.9. The average molecular weight is 793 g/mol. The van der Waals surface area contributed by atoms with Gasteiger partial charge in [-0.2, -0.15) is 0 Å². The monoisotopic (exact) mass is 792 g/mol. The third-order valence-electron chi connectivity index (χ3n) is 6.50. The van der Waals surface area contributed by atoms with Crippen molar-refractivity contribution in [3.8, 4) is 28.4 Å². The fourth-order valence-corrected chi connectivity index (χ4v) is 5.63. The molecular formula is C30H28N6O14S3. The Bertz CT molecular complexity index is 1960. The second kappa shape index (κ2) is 20.4. The Balaban J connectivity index is 2.06. The van der Waals surface area contributed by atoms with Crippen LogP contribution in [0.1, 0.15) is 20.8 Å². The predicted molar refractivity (Wildman–Crippen MR) is 192 cm³/mol. The normalized spacial score (nSPS) is 12.3. The van der Waals surface area contributed by atoms with E-state index in [1.165, 1.54) is 31.2 Å². The molecule has 3 rings (SSSR count). The van der Waals surface area contributed by atoms with Crippen molar-refractivity contribution in [2.75, 3.05) is 17.3 Å². The molecule has 0 saturated carbocycles. The summed E-state index contributed by atoms with van der Waals surface area (Å²) in [6.07, 6.45) is 1.05. The molecule has 280 valence electrons. The summed E-state index contributed by atoms with van der Waals surface area (Å²) in [5.41, 5.74) is -0.851. The number of carbonyl (C=O) groups is 6. The average Bonchev–Trinajstić information content (AvgIpc) is 3.10. The van der Waals surface area contributed by atoms with Gasteiger partial charge in [0.25, 0.3) is 0 Å². The largest absolute Gasteiger partial charge is 0.463 e. The van der Waals surface area contributed by atoms with E-state index in [0.29, 0.717) is 35.8 Å². The van der Waals surface area contributed by atoms with Gasteiger partial charge in [-0.1, -0.05) is 12.1 Å². The number of nitroso groups, excluding NO2 is 3. The van der Waals surface area contributed by atoms with Crippen LogP contribution in [0.4, 0.5) is 0 Å². The lowest BCUT2D eigenvalue weighted by molar-refractivity contribution is -0.138. The van der Waals surface area contributed by atoms with Gasteiger partial charge in [0.05, 0.1) is 5.56 Å². The van der Waals surface area contributed by atoms with Gasteiger partial charge in [0.1, 0.15) is 52.6 Å². The highest BCUT2D eigenvalue weighted by Gasteiger charge is 2.28. The number of ether oxygens (including phenoxy) is 3. The summed E-state index contributed by atoms with van der Waals surface area (Å²) >= 11 is 1.36. The van der Waals surface area contributed by atoms with Crippen LogP contribution in [-0.4, -0.2) is 71.0 Å². The summed E-state index contributed by atoms with van der Waals surface area (Å²) in [7, 11) is 0. The summed E-state index contributed by atoms with van der Waals surface area (Å²) < 4.78 is 29.7. The molecule has 3 unspecified atom stereocenters. The molecule has 3 aromatic rings. The standard InChI is InChI=1S/C30H28N6O14S3/c1-14(37)31-21(11-51-34-44)28(41)48-18-6-4-17(5-7-18)20-10-47-24-8-19(49-29(42)22(12-52-35-45)32-15(2)38)9-25(26(24)27(20)40)50-30(43)23(13-53-36-46)33-16(3)39/h4-10,21-23H,11-13H2,1-3H3,(H,31,37)(H,32,38)(H,33,39). The van der Waals surface area contributed by atoms with E-state index in [0.717, 1.165) is 32.2 Å². The third kappa shape index (κ3) is 12.5. The molecule has 3 amide bonds. The Morgan fingerprint density at radius 3 is 1.53 bits per heavy atom. The highest BCUT2D eigenvalue weighted by Crippen LogP contribution is 2.33. The summed E-state index contributed by atoms with van der Waals surface area (Å²) in [6.45, 7) is 3.41. The van der Waals surface area contributed by atoms with Crippen molar-refractivity contribution in [3.63, 3.8) is 0 Å². The van der Waals surface area contributed by atoms with E-state index in [9.17, 15) is 48.3 Å². The van der Waals surface area contributed by atoms with E-state index in [1.54, 1.807) is 0 Å². The van der Waals surface area contributed by atoms with Gasteiger partial charge in [0.15, 0.2) is 0 Å². The smallest absolute Gasteiger partial charge is 0.334 e. The van der Waals surface area contributed by atoms with E-state index in [-0.39, 0.29) is 50.9 Å². The van der Waals surface area contributed by atoms with Gasteiger partial charge in [0.2, 0.25) is 23.2 Å². The number of esters is 3. The number of nitrogens with zero attached hydrogens (tertiary/aromatic N) is 3. The molecule has 20 nitrogen and oxygen atoms in total. The molecule has 0 spiro atoms. The highest BCUT2D eigenvalue weighted by molar-refractivity contribution is 7.98. The summed E-state index contributed by atoms with van der Waals surface area (Å²) in [6, 6.07) is 3.62. The fourth-order valence-electron chi connectivity index (χ4n) is 4.35. The number of carbonyl (C=O) groups excluding carboxylic acids is 6. The Morgan fingerprint density at radius 2 is 1.09 bits per heavy atom. The first-order valence-corrected chi connectivity index (χ1v) is 17.6. The van der Waals surface area contributed by atoms with E-state index in [2.05, 4.69) is 29.7 Å². The SMILES string of the molecule is CC(=O)NC(CSN=O)C(=O)Oc1ccc(-c2coc3cc(OC(=O)C(CSN=O)NC(C)=O)cc(OC(=O)C(CSN=O)NC(C)=O)c3c2=O)cc1. The minimum atomic E-state index is -1.42. The molecule has 2 aromatic carbocycles. The molecule has 0 bridgehead atoms. The quantitative estimate of drug-likeness (QED) is 0.0680. The minimum absolute atomic E-state index is 0.0102. The van der Waals surface area contributed by atoms with E-state index >= 15 is 0 Å². The van der Waals surface area contributed by atoms with Crippen LogP contribution >= 0.6 is 35.8 Å². The Labute approximate surface area is 310 Å². The van der Waals surface area contributed by atoms with Gasteiger partial charge < -0.3 is 34.6 Å². The molecule has 1 heterocycles. The molecule has 0 fully saturated rings. The van der Waals surface area contributed by atoms with Crippen molar-refractivity contribution in [2.45, 2.75) is 38.9 Å². The van der Waals surface area contributed by atoms with E-state index in [1.807, 2.05) is 0 Å². The van der Waals surface area contributed by atoms with Crippen molar-refractivity contribution in [2.24, 2.45) is 13.7 Å². The molecule has 23 heteroatoms. The second-order valence-electron chi connectivity index (χ2n) is 10.4. The maximum Gasteiger partial charge on any atom is 0.334 e. The second-order valence-corrected chi connectivity index (χ2v) is 12.7. The maximum atomic E-state index is 13.9. The van der Waals surface area contributed by atoms with Crippen molar-refractivity contribution < 1.29 is 47.4 Å². The number of fused-ring (bicyclic) bond motifs is 1. The number of amides is 3. The lowest BCUT2D eigenvalue weighted by Crippen LogP contribution is -2.44. The van der Waals surface area contributed by atoms with Crippen molar-refractivity contribution in [1.29, 1.82) is 0 Å². The molecule has 0 aliphatic carbocycles. The van der Waals surface area contributed by atoms with Crippen LogP contribution in [0.5, 0.6) is 17.2 Å². The molecule has 3 N–H and O–H groups in total. The predicted octanol–water partition coefficient (Wildman–Crippen LogP) is 2.93. The first kappa shape index (κ1) is 41.7. The fraction of sp³-hybridized carbons (Fsp3) is 0.300. The van der Waals surface area contributed by atoms with Gasteiger partial charge in [-0.15, -0.1) is 14.7 Å². The molecule has 0 aliphatic rings. The minimum Gasteiger partial charge on any atom is -0.463 e. The summed E-state index contributed by atoms with van der Waals surface area (Å²) in [5, 5.41) is 6.64. The summed E-state index contributed by atoms with van der Waals surface area (Å²) in [4.78, 5) is 119. The molecular weight excluding hydrogens is 765 g/mol. The number of rotatable bonds is 19. The van der Waals surface area contributed by atoms with Gasteiger partial charge in [0, 0.05) is 99.8 Å². The molecule has 0 radical (unpaired) electrons. The lowest BCUT2D eigenvalue weighted by Gasteiger charge is -2.17. The van der Waals surface area contributed by atoms with Crippen LogP contribution in [0.25, 0.3) is 22.1 Å². The van der Waals surface area contributed by atoms with E-state index in [4.69, 9.17) is 18.6 Å². The zero-order chi connectivity index (χ0) is 39.1. The molecule has 1 aromatic heterocycles. The first-order chi connectivity index (χ1) is 25.3. The Hall–Kier alpha value is -5.68.